The molecule has 5 nitrogen and oxygen atoms in total. The molecule has 4 aromatic heterocycles. The predicted molar refractivity (Wildman–Crippen MR) is 73.1 cm³/mol. The van der Waals surface area contributed by atoms with Crippen molar-refractivity contribution in [2.24, 2.45) is 0 Å². The van der Waals surface area contributed by atoms with Gasteiger partial charge in [-0.3, -0.25) is 0 Å². The van der Waals surface area contributed by atoms with Gasteiger partial charge in [-0.2, -0.15) is 14.8 Å². The van der Waals surface area contributed by atoms with Crippen LogP contribution in [-0.4, -0.2) is 24.8 Å². The molecule has 0 amide bonds. The minimum Gasteiger partial charge on any atom is -0.346 e. The number of nitrogens with zero attached hydrogens (tertiary/aromatic N) is 4. The lowest BCUT2D eigenvalue weighted by molar-refractivity contribution is 0.800. The summed E-state index contributed by atoms with van der Waals surface area (Å²) in [6, 6.07) is 5.80. The third-order valence-electron chi connectivity index (χ3n) is 3.11. The fraction of sp³-hybridized carbons (Fsp3) is 0. The van der Waals surface area contributed by atoms with Crippen LogP contribution in [0, 0.1) is 0 Å². The molecule has 0 bridgehead atoms. The number of fused-ring (bicyclic) bond motifs is 2. The molecular weight excluding hydrogens is 262 g/mol. The van der Waals surface area contributed by atoms with Gasteiger partial charge < -0.3 is 4.98 Å². The summed E-state index contributed by atoms with van der Waals surface area (Å²) >= 11 is 6.32. The van der Waals surface area contributed by atoms with Gasteiger partial charge in [0.25, 0.3) is 0 Å². The topological polar surface area (TPSA) is 58.9 Å². The fourth-order valence-corrected chi connectivity index (χ4v) is 2.54. The van der Waals surface area contributed by atoms with E-state index in [2.05, 4.69) is 20.2 Å². The molecule has 0 radical (unpaired) electrons. The molecule has 92 valence electrons. The van der Waals surface area contributed by atoms with Gasteiger partial charge in [-0.1, -0.05) is 11.6 Å². The van der Waals surface area contributed by atoms with Crippen molar-refractivity contribution in [3.63, 3.8) is 0 Å². The summed E-state index contributed by atoms with van der Waals surface area (Å²) in [5.41, 5.74) is 3.60. The van der Waals surface area contributed by atoms with E-state index in [-0.39, 0.29) is 0 Å². The minimum absolute atomic E-state index is 0.603. The first-order valence-electron chi connectivity index (χ1n) is 5.75. The van der Waals surface area contributed by atoms with Crippen molar-refractivity contribution in [2.45, 2.75) is 0 Å². The Bertz CT molecular complexity index is 892. The molecule has 0 atom stereocenters. The number of nitrogens with one attached hydrogen (secondary N) is 1. The number of aromatic amines is 1. The SMILES string of the molecule is Clc1cnc2[nH]ccc2c1-c1cnn2ncccc12. The minimum atomic E-state index is 0.603. The first kappa shape index (κ1) is 10.5. The molecule has 19 heavy (non-hydrogen) atoms. The van der Waals surface area contributed by atoms with E-state index >= 15 is 0 Å². The maximum absolute atomic E-state index is 6.32. The van der Waals surface area contributed by atoms with Crippen molar-refractivity contribution in [1.82, 2.24) is 24.8 Å². The lowest BCUT2D eigenvalue weighted by Gasteiger charge is -2.04. The van der Waals surface area contributed by atoms with Gasteiger partial charge in [0.2, 0.25) is 0 Å². The summed E-state index contributed by atoms with van der Waals surface area (Å²) in [4.78, 5) is 7.35. The van der Waals surface area contributed by atoms with Gasteiger partial charge in [0, 0.05) is 35.1 Å². The molecule has 6 heteroatoms. The molecule has 4 aromatic rings. The van der Waals surface area contributed by atoms with Gasteiger partial charge in [-0.15, -0.1) is 0 Å². The average Bonchev–Trinajstić information content (AvgIpc) is 3.05. The maximum Gasteiger partial charge on any atom is 0.137 e. The molecule has 0 saturated carbocycles. The van der Waals surface area contributed by atoms with E-state index in [1.807, 2.05) is 24.4 Å². The number of H-pyrrole nitrogens is 1. The van der Waals surface area contributed by atoms with Crippen molar-refractivity contribution in [2.75, 3.05) is 0 Å². The Labute approximate surface area is 112 Å². The first-order chi connectivity index (χ1) is 9.34. The van der Waals surface area contributed by atoms with Crippen LogP contribution in [0.5, 0.6) is 0 Å². The van der Waals surface area contributed by atoms with Gasteiger partial charge in [-0.05, 0) is 18.2 Å². The molecule has 0 saturated heterocycles. The summed E-state index contributed by atoms with van der Waals surface area (Å²) in [6.45, 7) is 0. The standard InChI is InChI=1S/C13H8ClN5/c14-10-7-16-13-8(3-5-15-13)12(10)9-6-18-19-11(9)2-1-4-17-19/h1-7H,(H,15,16). The number of hydrogen-bond donors (Lipinski definition) is 1. The van der Waals surface area contributed by atoms with Gasteiger partial charge >= 0.3 is 0 Å². The quantitative estimate of drug-likeness (QED) is 0.578. The maximum atomic E-state index is 6.32. The molecule has 0 unspecified atom stereocenters. The van der Waals surface area contributed by atoms with Crippen LogP contribution >= 0.6 is 11.6 Å². The molecule has 0 aliphatic heterocycles. The second kappa shape index (κ2) is 3.80. The molecule has 4 heterocycles. The van der Waals surface area contributed by atoms with Crippen LogP contribution in [-0.2, 0) is 0 Å². The second-order valence-corrected chi connectivity index (χ2v) is 4.58. The van der Waals surface area contributed by atoms with Crippen LogP contribution in [0.15, 0.2) is 43.0 Å². The van der Waals surface area contributed by atoms with Gasteiger partial charge in [0.15, 0.2) is 0 Å². The second-order valence-electron chi connectivity index (χ2n) is 4.18. The van der Waals surface area contributed by atoms with Crippen molar-refractivity contribution in [3.05, 3.63) is 48.0 Å². The van der Waals surface area contributed by atoms with Crippen LogP contribution in [0.1, 0.15) is 0 Å². The van der Waals surface area contributed by atoms with Crippen LogP contribution in [0.4, 0.5) is 0 Å². The van der Waals surface area contributed by atoms with E-state index in [1.54, 1.807) is 23.2 Å². The van der Waals surface area contributed by atoms with Crippen LogP contribution in [0.25, 0.3) is 27.7 Å². The molecule has 0 fully saturated rings. The van der Waals surface area contributed by atoms with Crippen LogP contribution in [0.3, 0.4) is 0 Å². The summed E-state index contributed by atoms with van der Waals surface area (Å²) in [5.74, 6) is 0. The molecule has 4 rings (SSSR count). The number of rotatable bonds is 1. The Morgan fingerprint density at radius 2 is 2.11 bits per heavy atom. The largest absolute Gasteiger partial charge is 0.346 e. The number of aromatic nitrogens is 5. The molecule has 1 N–H and O–H groups in total. The third kappa shape index (κ3) is 1.45. The van der Waals surface area contributed by atoms with E-state index in [0.717, 1.165) is 27.7 Å². The lowest BCUT2D eigenvalue weighted by Crippen LogP contribution is -1.90. The third-order valence-corrected chi connectivity index (χ3v) is 3.40. The number of pyridine rings is 1. The van der Waals surface area contributed by atoms with Crippen LogP contribution < -0.4 is 0 Å². The summed E-state index contributed by atoms with van der Waals surface area (Å²) < 4.78 is 1.59. The van der Waals surface area contributed by atoms with E-state index in [9.17, 15) is 0 Å². The predicted octanol–water partition coefficient (Wildman–Crippen LogP) is 2.93. The van der Waals surface area contributed by atoms with Crippen molar-refractivity contribution in [1.29, 1.82) is 0 Å². The van der Waals surface area contributed by atoms with Gasteiger partial charge in [-0.25, -0.2) is 4.98 Å². The summed E-state index contributed by atoms with van der Waals surface area (Å²) in [5, 5.41) is 9.99. The number of halogens is 1. The lowest BCUT2D eigenvalue weighted by atomic mass is 10.1. The Morgan fingerprint density at radius 1 is 1.16 bits per heavy atom. The summed E-state index contributed by atoms with van der Waals surface area (Å²) in [6.07, 6.45) is 6.97. The zero-order valence-electron chi connectivity index (χ0n) is 9.71. The Balaban J connectivity index is 2.14. The zero-order chi connectivity index (χ0) is 12.8. The molecule has 0 spiro atoms. The summed E-state index contributed by atoms with van der Waals surface area (Å²) in [7, 11) is 0. The van der Waals surface area contributed by atoms with Gasteiger partial charge in [0.1, 0.15) is 5.65 Å². The van der Waals surface area contributed by atoms with Crippen molar-refractivity contribution < 1.29 is 0 Å². The van der Waals surface area contributed by atoms with Crippen molar-refractivity contribution in [3.8, 4) is 11.1 Å². The van der Waals surface area contributed by atoms with Crippen LogP contribution in [0.2, 0.25) is 5.02 Å². The van der Waals surface area contributed by atoms with Crippen molar-refractivity contribution >= 4 is 28.2 Å². The Hall–Kier alpha value is -2.40. The highest BCUT2D eigenvalue weighted by molar-refractivity contribution is 6.35. The Morgan fingerprint density at radius 3 is 3.05 bits per heavy atom. The molecule has 0 aliphatic carbocycles. The first-order valence-corrected chi connectivity index (χ1v) is 6.13. The van der Waals surface area contributed by atoms with E-state index < -0.39 is 0 Å². The molecule has 0 aromatic carbocycles. The smallest absolute Gasteiger partial charge is 0.137 e. The molecule has 0 aliphatic rings. The monoisotopic (exact) mass is 269 g/mol. The van der Waals surface area contributed by atoms with E-state index in [1.165, 1.54) is 0 Å². The number of hydrogen-bond acceptors (Lipinski definition) is 3. The van der Waals surface area contributed by atoms with Gasteiger partial charge in [0.05, 0.1) is 16.7 Å². The zero-order valence-corrected chi connectivity index (χ0v) is 10.5. The Kier molecular flexibility index (Phi) is 2.10. The highest BCUT2D eigenvalue weighted by atomic mass is 35.5. The fourth-order valence-electron chi connectivity index (χ4n) is 2.28. The highest BCUT2D eigenvalue weighted by Gasteiger charge is 2.15. The van der Waals surface area contributed by atoms with E-state index in [4.69, 9.17) is 11.6 Å². The highest BCUT2D eigenvalue weighted by Crippen LogP contribution is 2.35. The van der Waals surface area contributed by atoms with E-state index in [0.29, 0.717) is 5.02 Å². The average molecular weight is 270 g/mol. The normalized spacial score (nSPS) is 11.4. The molecular formula is C13H8ClN5.